The molecule has 0 radical (unpaired) electrons. The van der Waals surface area contributed by atoms with Crippen molar-refractivity contribution in [3.63, 3.8) is 0 Å². The summed E-state index contributed by atoms with van der Waals surface area (Å²) in [6, 6.07) is 0. The van der Waals surface area contributed by atoms with Crippen LogP contribution < -0.4 is 16.6 Å². The van der Waals surface area contributed by atoms with Crippen molar-refractivity contribution in [2.45, 2.75) is 39.7 Å². The number of hydrogen-bond donors (Lipinski definition) is 3. The Morgan fingerprint density at radius 1 is 1.31 bits per heavy atom. The van der Waals surface area contributed by atoms with Crippen molar-refractivity contribution in [3.8, 4) is 0 Å². The van der Waals surface area contributed by atoms with Gasteiger partial charge in [-0.3, -0.25) is 24.4 Å². The number of nitrogens with one attached hydrogen (secondary N) is 2. The summed E-state index contributed by atoms with van der Waals surface area (Å²) in [5.41, 5.74) is 7.81. The second kappa shape index (κ2) is 7.03. The molecule has 152 valence electrons. The molecule has 1 aliphatic carbocycles. The normalized spacial score (nSPS) is 15.3. The van der Waals surface area contributed by atoms with Crippen LogP contribution in [0.3, 0.4) is 0 Å². The van der Waals surface area contributed by atoms with Crippen LogP contribution in [0, 0.1) is 5.41 Å². The first kappa shape index (κ1) is 19.7. The van der Waals surface area contributed by atoms with E-state index < -0.39 is 5.91 Å². The molecule has 0 aromatic carbocycles. The lowest BCUT2D eigenvalue weighted by molar-refractivity contribution is -0.118. The Labute approximate surface area is 176 Å². The zero-order valence-electron chi connectivity index (χ0n) is 16.0. The van der Waals surface area contributed by atoms with E-state index in [0.717, 1.165) is 24.0 Å². The molecule has 10 heteroatoms. The monoisotopic (exact) mass is 434 g/mol. The van der Waals surface area contributed by atoms with Crippen LogP contribution >= 0.6 is 23.2 Å². The van der Waals surface area contributed by atoms with E-state index in [1.54, 1.807) is 0 Å². The molecule has 1 amide bonds. The van der Waals surface area contributed by atoms with E-state index in [1.807, 2.05) is 0 Å². The average Bonchev–Trinajstić information content (AvgIpc) is 2.92. The van der Waals surface area contributed by atoms with Crippen molar-refractivity contribution in [1.82, 2.24) is 19.7 Å². The third-order valence-electron chi connectivity index (χ3n) is 5.23. The number of halogens is 2. The number of aromatic amines is 1. The van der Waals surface area contributed by atoms with Gasteiger partial charge in [0.2, 0.25) is 5.91 Å². The van der Waals surface area contributed by atoms with Crippen molar-refractivity contribution < 1.29 is 4.79 Å². The van der Waals surface area contributed by atoms with Gasteiger partial charge in [0, 0.05) is 12.4 Å². The minimum absolute atomic E-state index is 0.0305. The fraction of sp³-hybridized carbons (Fsp3) is 0.368. The van der Waals surface area contributed by atoms with Crippen LogP contribution in [0.5, 0.6) is 0 Å². The summed E-state index contributed by atoms with van der Waals surface area (Å²) in [7, 11) is 0. The Morgan fingerprint density at radius 2 is 2.00 bits per heavy atom. The first-order valence-corrected chi connectivity index (χ1v) is 9.90. The molecular weight excluding hydrogens is 415 g/mol. The van der Waals surface area contributed by atoms with Gasteiger partial charge in [-0.15, -0.1) is 0 Å². The highest BCUT2D eigenvalue weighted by molar-refractivity contribution is 6.39. The molecule has 3 heterocycles. The molecule has 0 atom stereocenters. The van der Waals surface area contributed by atoms with Crippen LogP contribution in [0.4, 0.5) is 11.5 Å². The summed E-state index contributed by atoms with van der Waals surface area (Å²) >= 11 is 12.5. The molecular formula is C19H20Cl2N6O2. The smallest absolute Gasteiger partial charge is 0.273 e. The molecule has 0 saturated carbocycles. The van der Waals surface area contributed by atoms with Gasteiger partial charge >= 0.3 is 0 Å². The van der Waals surface area contributed by atoms with Gasteiger partial charge in [-0.1, -0.05) is 37.0 Å². The highest BCUT2D eigenvalue weighted by Crippen LogP contribution is 2.41. The second-order valence-corrected chi connectivity index (χ2v) is 8.87. The van der Waals surface area contributed by atoms with Crippen LogP contribution in [0.1, 0.15) is 31.4 Å². The Kier molecular flexibility index (Phi) is 4.78. The topological polar surface area (TPSA) is 119 Å². The highest BCUT2D eigenvalue weighted by Gasteiger charge is 2.31. The molecule has 29 heavy (non-hydrogen) atoms. The van der Waals surface area contributed by atoms with Gasteiger partial charge in [0.05, 0.1) is 21.1 Å². The minimum Gasteiger partial charge on any atom is -0.368 e. The summed E-state index contributed by atoms with van der Waals surface area (Å²) in [5.74, 6) is -0.0250. The first-order valence-electron chi connectivity index (χ1n) is 9.15. The maximum absolute atomic E-state index is 12.7. The number of carbonyl (C=O) groups is 1. The fourth-order valence-electron chi connectivity index (χ4n) is 3.84. The van der Waals surface area contributed by atoms with Crippen molar-refractivity contribution in [2.75, 3.05) is 5.32 Å². The number of nitrogens with two attached hydrogens (primary N) is 1. The Hall–Kier alpha value is -2.58. The number of anilines is 2. The van der Waals surface area contributed by atoms with Crippen molar-refractivity contribution >= 4 is 51.6 Å². The van der Waals surface area contributed by atoms with E-state index in [4.69, 9.17) is 28.9 Å². The first-order chi connectivity index (χ1) is 13.7. The molecule has 3 aromatic rings. The number of primary amides is 1. The van der Waals surface area contributed by atoms with Crippen LogP contribution in [0.25, 0.3) is 11.0 Å². The van der Waals surface area contributed by atoms with Gasteiger partial charge < -0.3 is 11.1 Å². The minimum atomic E-state index is -0.576. The SMILES string of the molecule is CC1(C)CCc2c(Nc3c(Cl)cncc3Cl)nc3c(c2C1)c(=O)[nH]n3CC(N)=O. The summed E-state index contributed by atoms with van der Waals surface area (Å²) in [6.45, 7) is 4.16. The quantitative estimate of drug-likeness (QED) is 0.582. The van der Waals surface area contributed by atoms with E-state index in [2.05, 4.69) is 34.2 Å². The van der Waals surface area contributed by atoms with Crippen molar-refractivity contribution in [1.29, 1.82) is 0 Å². The Balaban J connectivity index is 1.97. The van der Waals surface area contributed by atoms with Crippen molar-refractivity contribution in [2.24, 2.45) is 11.1 Å². The summed E-state index contributed by atoms with van der Waals surface area (Å²) in [5, 5.41) is 7.10. The predicted molar refractivity (Wildman–Crippen MR) is 113 cm³/mol. The lowest BCUT2D eigenvalue weighted by Gasteiger charge is -2.32. The molecule has 1 aliphatic rings. The standard InChI is InChI=1S/C19H20Cl2N6O2/c1-19(2)4-3-9-10(5-19)14-17(27(8-13(22)28)26-18(14)29)25-16(9)24-15-11(20)6-23-7-12(15)21/h6-7H,3-5,8H2,1-2H3,(H2,22,28)(H,26,29)(H,23,24,25). The van der Waals surface area contributed by atoms with E-state index in [9.17, 15) is 9.59 Å². The molecule has 3 aromatic heterocycles. The Bertz CT molecular complexity index is 1180. The zero-order valence-corrected chi connectivity index (χ0v) is 17.5. The lowest BCUT2D eigenvalue weighted by Crippen LogP contribution is -2.24. The lowest BCUT2D eigenvalue weighted by atomic mass is 9.74. The Morgan fingerprint density at radius 3 is 2.66 bits per heavy atom. The third kappa shape index (κ3) is 3.58. The van der Waals surface area contributed by atoms with Gasteiger partial charge in [-0.25, -0.2) is 4.98 Å². The van der Waals surface area contributed by atoms with E-state index in [0.29, 0.717) is 39.0 Å². The molecule has 4 rings (SSSR count). The molecule has 0 aliphatic heterocycles. The largest absolute Gasteiger partial charge is 0.368 e. The number of amides is 1. The summed E-state index contributed by atoms with van der Waals surface area (Å²) in [4.78, 5) is 32.8. The molecule has 0 fully saturated rings. The maximum atomic E-state index is 12.7. The number of carbonyl (C=O) groups excluding carboxylic acids is 1. The van der Waals surface area contributed by atoms with Crippen LogP contribution in [-0.4, -0.2) is 25.7 Å². The molecule has 0 unspecified atom stereocenters. The zero-order chi connectivity index (χ0) is 20.9. The van der Waals surface area contributed by atoms with Crippen LogP contribution in [-0.2, 0) is 24.2 Å². The molecule has 4 N–H and O–H groups in total. The molecule has 8 nitrogen and oxygen atoms in total. The fourth-order valence-corrected chi connectivity index (χ4v) is 4.30. The van der Waals surface area contributed by atoms with Gasteiger partial charge in [-0.05, 0) is 35.8 Å². The van der Waals surface area contributed by atoms with E-state index >= 15 is 0 Å². The summed E-state index contributed by atoms with van der Waals surface area (Å²) in [6.07, 6.45) is 5.37. The van der Waals surface area contributed by atoms with Crippen LogP contribution in [0.2, 0.25) is 10.0 Å². The molecule has 0 saturated heterocycles. The van der Waals surface area contributed by atoms with Crippen molar-refractivity contribution in [3.05, 3.63) is 43.9 Å². The number of fused-ring (bicyclic) bond motifs is 3. The average molecular weight is 435 g/mol. The number of hydrogen-bond acceptors (Lipinski definition) is 5. The van der Waals surface area contributed by atoms with E-state index in [1.165, 1.54) is 17.1 Å². The second-order valence-electron chi connectivity index (χ2n) is 8.05. The van der Waals surface area contributed by atoms with E-state index in [-0.39, 0.29) is 17.5 Å². The third-order valence-corrected chi connectivity index (χ3v) is 5.80. The number of H-pyrrole nitrogens is 1. The maximum Gasteiger partial charge on any atom is 0.273 e. The van der Waals surface area contributed by atoms with Gasteiger partial charge in [0.15, 0.2) is 5.65 Å². The van der Waals surface area contributed by atoms with Gasteiger partial charge in [0.1, 0.15) is 12.4 Å². The van der Waals surface area contributed by atoms with Crippen LogP contribution in [0.15, 0.2) is 17.2 Å². The molecule has 0 spiro atoms. The summed E-state index contributed by atoms with van der Waals surface area (Å²) < 4.78 is 1.38. The predicted octanol–water partition coefficient (Wildman–Crippen LogP) is 3.17. The van der Waals surface area contributed by atoms with Gasteiger partial charge in [-0.2, -0.15) is 0 Å². The number of nitrogens with zero attached hydrogens (tertiary/aromatic N) is 3. The number of rotatable bonds is 4. The number of aromatic nitrogens is 4. The number of pyridine rings is 2. The highest BCUT2D eigenvalue weighted by atomic mass is 35.5. The molecule has 0 bridgehead atoms. The van der Waals surface area contributed by atoms with Gasteiger partial charge in [0.25, 0.3) is 5.56 Å².